The van der Waals surface area contributed by atoms with Gasteiger partial charge in [0.25, 0.3) is 5.91 Å². The lowest BCUT2D eigenvalue weighted by Gasteiger charge is -2.42. The van der Waals surface area contributed by atoms with E-state index in [2.05, 4.69) is 22.0 Å². The molecule has 2 atom stereocenters. The standard InChI is InChI=1S/C22H27N3O3/c1-16-13-18(26)14-19(23-16)22(27)25-11-12-28-20(15-24-9-5-6-10-24)21(25)17-7-3-2-4-8-17/h2-4,7-8,13-14,20-21H,5-6,9-12,15H2,1H3,(H,23,26)/t20-,21-/m0/s1. The fourth-order valence-electron chi connectivity index (χ4n) is 4.33. The van der Waals surface area contributed by atoms with Gasteiger partial charge >= 0.3 is 0 Å². The number of H-pyrrole nitrogens is 1. The van der Waals surface area contributed by atoms with E-state index in [1.165, 1.54) is 25.0 Å². The number of amides is 1. The maximum absolute atomic E-state index is 13.4. The van der Waals surface area contributed by atoms with Gasteiger partial charge in [-0.2, -0.15) is 0 Å². The summed E-state index contributed by atoms with van der Waals surface area (Å²) in [7, 11) is 0. The summed E-state index contributed by atoms with van der Waals surface area (Å²) in [5.74, 6) is -0.149. The Morgan fingerprint density at radius 3 is 2.61 bits per heavy atom. The first-order chi connectivity index (χ1) is 13.6. The highest BCUT2D eigenvalue weighted by molar-refractivity contribution is 5.92. The molecule has 3 heterocycles. The topological polar surface area (TPSA) is 65.6 Å². The Balaban J connectivity index is 1.67. The molecule has 0 bridgehead atoms. The molecule has 148 valence electrons. The van der Waals surface area contributed by atoms with Gasteiger partial charge in [-0.05, 0) is 38.4 Å². The average Bonchev–Trinajstić information content (AvgIpc) is 3.20. The smallest absolute Gasteiger partial charge is 0.271 e. The van der Waals surface area contributed by atoms with Crippen LogP contribution in [0, 0.1) is 6.92 Å². The van der Waals surface area contributed by atoms with Crippen molar-refractivity contribution in [2.24, 2.45) is 0 Å². The molecule has 0 unspecified atom stereocenters. The summed E-state index contributed by atoms with van der Waals surface area (Å²) >= 11 is 0. The Morgan fingerprint density at radius 2 is 1.89 bits per heavy atom. The number of ether oxygens (including phenoxy) is 1. The number of hydrogen-bond acceptors (Lipinski definition) is 4. The van der Waals surface area contributed by atoms with E-state index in [0.717, 1.165) is 25.2 Å². The van der Waals surface area contributed by atoms with Crippen LogP contribution in [0.3, 0.4) is 0 Å². The summed E-state index contributed by atoms with van der Waals surface area (Å²) in [6.07, 6.45) is 2.35. The quantitative estimate of drug-likeness (QED) is 0.883. The minimum Gasteiger partial charge on any atom is -0.373 e. The van der Waals surface area contributed by atoms with Gasteiger partial charge in [0.05, 0.1) is 18.8 Å². The van der Waals surface area contributed by atoms with Gasteiger partial charge in [0.15, 0.2) is 5.43 Å². The van der Waals surface area contributed by atoms with Gasteiger partial charge in [-0.3, -0.25) is 9.59 Å². The minimum atomic E-state index is -0.174. The number of carbonyl (C=O) groups excluding carboxylic acids is 1. The molecule has 2 aromatic rings. The predicted molar refractivity (Wildman–Crippen MR) is 107 cm³/mol. The van der Waals surface area contributed by atoms with Crippen molar-refractivity contribution in [3.63, 3.8) is 0 Å². The SMILES string of the molecule is Cc1cc(=O)cc(C(=O)N2CCO[C@@H](CN3CCCC3)[C@@H]2c2ccccc2)[nH]1. The number of morpholine rings is 1. The third-order valence-electron chi connectivity index (χ3n) is 5.60. The highest BCUT2D eigenvalue weighted by Gasteiger charge is 2.38. The molecule has 2 saturated heterocycles. The van der Waals surface area contributed by atoms with Crippen LogP contribution in [-0.4, -0.2) is 59.6 Å². The zero-order chi connectivity index (χ0) is 19.5. The normalized spacial score (nSPS) is 23.1. The van der Waals surface area contributed by atoms with Crippen LogP contribution in [-0.2, 0) is 4.74 Å². The van der Waals surface area contributed by atoms with E-state index in [-0.39, 0.29) is 23.5 Å². The fourth-order valence-corrected chi connectivity index (χ4v) is 4.33. The Labute approximate surface area is 165 Å². The second-order valence-corrected chi connectivity index (χ2v) is 7.68. The molecule has 1 aromatic carbocycles. The van der Waals surface area contributed by atoms with E-state index in [9.17, 15) is 9.59 Å². The summed E-state index contributed by atoms with van der Waals surface area (Å²) in [6.45, 7) is 5.78. The van der Waals surface area contributed by atoms with Crippen LogP contribution in [0.25, 0.3) is 0 Å². The van der Waals surface area contributed by atoms with Gasteiger partial charge in [0.2, 0.25) is 0 Å². The molecule has 28 heavy (non-hydrogen) atoms. The first-order valence-corrected chi connectivity index (χ1v) is 10.0. The molecular formula is C22H27N3O3. The summed E-state index contributed by atoms with van der Waals surface area (Å²) in [6, 6.07) is 12.8. The van der Waals surface area contributed by atoms with E-state index < -0.39 is 0 Å². The van der Waals surface area contributed by atoms with Crippen LogP contribution in [0.4, 0.5) is 0 Å². The van der Waals surface area contributed by atoms with Crippen LogP contribution in [0.5, 0.6) is 0 Å². The third kappa shape index (κ3) is 4.03. The summed E-state index contributed by atoms with van der Waals surface area (Å²) in [5, 5.41) is 0. The number of pyridine rings is 1. The number of hydrogen-bond donors (Lipinski definition) is 1. The molecule has 4 rings (SSSR count). The lowest BCUT2D eigenvalue weighted by molar-refractivity contribution is -0.0708. The maximum atomic E-state index is 13.4. The molecule has 0 spiro atoms. The Morgan fingerprint density at radius 1 is 1.14 bits per heavy atom. The van der Waals surface area contributed by atoms with E-state index in [0.29, 0.717) is 24.5 Å². The monoisotopic (exact) mass is 381 g/mol. The van der Waals surface area contributed by atoms with Crippen molar-refractivity contribution in [3.8, 4) is 0 Å². The highest BCUT2D eigenvalue weighted by Crippen LogP contribution is 2.31. The van der Waals surface area contributed by atoms with E-state index in [1.807, 2.05) is 23.1 Å². The molecule has 2 aliphatic heterocycles. The predicted octanol–water partition coefficient (Wildman–Crippen LogP) is 2.36. The third-order valence-corrected chi connectivity index (χ3v) is 5.60. The average molecular weight is 381 g/mol. The first-order valence-electron chi connectivity index (χ1n) is 10.0. The van der Waals surface area contributed by atoms with Gasteiger partial charge in [0.1, 0.15) is 5.69 Å². The van der Waals surface area contributed by atoms with Crippen molar-refractivity contribution in [2.45, 2.75) is 31.9 Å². The van der Waals surface area contributed by atoms with Gasteiger partial charge in [-0.25, -0.2) is 0 Å². The van der Waals surface area contributed by atoms with Crippen molar-refractivity contribution in [3.05, 3.63) is 69.6 Å². The second-order valence-electron chi connectivity index (χ2n) is 7.68. The molecule has 0 aliphatic carbocycles. The Kier molecular flexibility index (Phi) is 5.59. The van der Waals surface area contributed by atoms with E-state index in [4.69, 9.17) is 4.74 Å². The van der Waals surface area contributed by atoms with E-state index >= 15 is 0 Å². The summed E-state index contributed by atoms with van der Waals surface area (Å²) in [5.41, 5.74) is 1.94. The lowest BCUT2D eigenvalue weighted by atomic mass is 9.97. The number of nitrogens with one attached hydrogen (secondary N) is 1. The van der Waals surface area contributed by atoms with Crippen LogP contribution >= 0.6 is 0 Å². The number of nitrogens with zero attached hydrogens (tertiary/aromatic N) is 2. The van der Waals surface area contributed by atoms with E-state index in [1.54, 1.807) is 6.92 Å². The van der Waals surface area contributed by atoms with Crippen molar-refractivity contribution in [1.29, 1.82) is 0 Å². The largest absolute Gasteiger partial charge is 0.373 e. The number of likely N-dealkylation sites (tertiary alicyclic amines) is 1. The van der Waals surface area contributed by atoms with Crippen LogP contribution in [0.15, 0.2) is 47.3 Å². The highest BCUT2D eigenvalue weighted by atomic mass is 16.5. The first kappa shape index (κ1) is 18.9. The van der Waals surface area contributed by atoms with Crippen LogP contribution in [0.2, 0.25) is 0 Å². The number of aromatic amines is 1. The van der Waals surface area contributed by atoms with Crippen molar-refractivity contribution in [1.82, 2.24) is 14.8 Å². The molecule has 2 fully saturated rings. The number of rotatable bonds is 4. The summed E-state index contributed by atoms with van der Waals surface area (Å²) in [4.78, 5) is 32.6. The molecule has 0 radical (unpaired) electrons. The van der Waals surface area contributed by atoms with Crippen LogP contribution < -0.4 is 5.43 Å². The molecule has 0 saturated carbocycles. The molecule has 6 nitrogen and oxygen atoms in total. The lowest BCUT2D eigenvalue weighted by Crippen LogP contribution is -2.51. The van der Waals surface area contributed by atoms with Crippen molar-refractivity contribution < 1.29 is 9.53 Å². The Bertz CT molecular complexity index is 874. The molecule has 1 aromatic heterocycles. The fraction of sp³-hybridized carbons (Fsp3) is 0.455. The van der Waals surface area contributed by atoms with Gasteiger partial charge in [-0.15, -0.1) is 0 Å². The molecule has 1 N–H and O–H groups in total. The summed E-state index contributed by atoms with van der Waals surface area (Å²) < 4.78 is 6.16. The Hall–Kier alpha value is -2.44. The maximum Gasteiger partial charge on any atom is 0.271 e. The zero-order valence-electron chi connectivity index (χ0n) is 16.3. The zero-order valence-corrected chi connectivity index (χ0v) is 16.3. The van der Waals surface area contributed by atoms with Gasteiger partial charge in [0, 0.05) is 30.9 Å². The van der Waals surface area contributed by atoms with Crippen molar-refractivity contribution in [2.75, 3.05) is 32.8 Å². The van der Waals surface area contributed by atoms with Crippen LogP contribution in [0.1, 0.15) is 40.6 Å². The molecule has 2 aliphatic rings. The molecule has 1 amide bonds. The van der Waals surface area contributed by atoms with Gasteiger partial charge < -0.3 is 19.5 Å². The molecular weight excluding hydrogens is 354 g/mol. The number of benzene rings is 1. The second kappa shape index (κ2) is 8.29. The number of aromatic nitrogens is 1. The van der Waals surface area contributed by atoms with Crippen molar-refractivity contribution >= 4 is 5.91 Å². The molecule has 6 heteroatoms. The number of aryl methyl sites for hydroxylation is 1. The minimum absolute atomic E-state index is 0.0882. The number of carbonyl (C=O) groups is 1. The van der Waals surface area contributed by atoms with Gasteiger partial charge in [-0.1, -0.05) is 30.3 Å².